The summed E-state index contributed by atoms with van der Waals surface area (Å²) in [5.74, 6) is -0.602. The zero-order valence-electron chi connectivity index (χ0n) is 42.9. The van der Waals surface area contributed by atoms with E-state index in [-0.39, 0.29) is 25.2 Å². The van der Waals surface area contributed by atoms with E-state index < -0.39 is 6.10 Å². The number of unbranched alkanes of at least 4 members (excludes halogenated alkanes) is 23. The topological polar surface area (TPSA) is 72.8 Å². The van der Waals surface area contributed by atoms with Crippen LogP contribution in [0, 0.1) is 0 Å². The van der Waals surface area contributed by atoms with Crippen LogP contribution < -0.4 is 0 Å². The minimum absolute atomic E-state index is 0.0730. The number of esters is 2. The van der Waals surface area contributed by atoms with Crippen LogP contribution in [0.2, 0.25) is 0 Å². The van der Waals surface area contributed by atoms with Gasteiger partial charge in [0, 0.05) is 12.8 Å². The molecule has 0 amide bonds. The van der Waals surface area contributed by atoms with E-state index in [2.05, 4.69) is 123 Å². The lowest BCUT2D eigenvalue weighted by Gasteiger charge is -2.15. The summed E-state index contributed by atoms with van der Waals surface area (Å²) in [6, 6.07) is 0. The highest BCUT2D eigenvalue weighted by molar-refractivity contribution is 5.70. The molecular weight excluding hydrogens is 813 g/mol. The molecule has 0 aromatic heterocycles. The number of carbonyl (C=O) groups excluding carboxylic acids is 2. The van der Waals surface area contributed by atoms with Gasteiger partial charge in [-0.25, -0.2) is 0 Å². The largest absolute Gasteiger partial charge is 0.462 e. The number of hydrogen-bond acceptors (Lipinski definition) is 5. The Kier molecular flexibility index (Phi) is 53.0. The zero-order valence-corrected chi connectivity index (χ0v) is 42.9. The van der Waals surface area contributed by atoms with Crippen molar-refractivity contribution in [2.24, 2.45) is 0 Å². The van der Waals surface area contributed by atoms with Gasteiger partial charge in [-0.1, -0.05) is 239 Å². The Balaban J connectivity index is 3.52. The Morgan fingerprint density at radius 1 is 0.364 bits per heavy atom. The van der Waals surface area contributed by atoms with Crippen LogP contribution in [0.3, 0.4) is 0 Å². The standard InChI is InChI=1S/C61H102O5/c1-3-5-7-9-11-13-15-17-18-19-20-21-22-23-24-25-26-27-28-29-30-31-32-33-34-35-36-37-38-39-40-41-42-44-46-48-50-52-54-56-61(64)66-59(57-62)58-65-60(63)55-53-51-49-47-45-43-16-14-12-10-8-6-4-2/h5,7,11,13-14,16-18,20-21,23-24,26-27,29-30,32-33,59,62H,3-4,6,8-10,12,15,19,22,25,28,31,34-58H2,1-2H3/b7-5-,13-11-,16-14-,18-17-,21-20-,24-23-,27-26-,30-29-,33-32-. The van der Waals surface area contributed by atoms with Gasteiger partial charge < -0.3 is 14.6 Å². The van der Waals surface area contributed by atoms with Crippen LogP contribution in [-0.4, -0.2) is 36.4 Å². The van der Waals surface area contributed by atoms with Gasteiger partial charge >= 0.3 is 11.9 Å². The molecule has 0 rings (SSSR count). The van der Waals surface area contributed by atoms with E-state index in [0.29, 0.717) is 12.8 Å². The Morgan fingerprint density at radius 2 is 0.652 bits per heavy atom. The minimum atomic E-state index is -0.779. The number of aliphatic hydroxyl groups is 1. The molecule has 0 heterocycles. The van der Waals surface area contributed by atoms with Crippen LogP contribution in [0.15, 0.2) is 109 Å². The Bertz CT molecular complexity index is 1310. The van der Waals surface area contributed by atoms with E-state index in [1.165, 1.54) is 122 Å². The summed E-state index contributed by atoms with van der Waals surface area (Å²) in [4.78, 5) is 24.4. The monoisotopic (exact) mass is 915 g/mol. The second kappa shape index (κ2) is 55.9. The fraction of sp³-hybridized carbons (Fsp3) is 0.672. The summed E-state index contributed by atoms with van der Waals surface area (Å²) in [6.45, 7) is 4.00. The molecule has 376 valence electrons. The molecule has 5 heteroatoms. The summed E-state index contributed by atoms with van der Waals surface area (Å²) < 4.78 is 10.7. The van der Waals surface area contributed by atoms with Crippen LogP contribution in [0.1, 0.15) is 245 Å². The molecule has 0 aromatic carbocycles. The van der Waals surface area contributed by atoms with E-state index in [0.717, 1.165) is 96.3 Å². The van der Waals surface area contributed by atoms with Gasteiger partial charge in [0.1, 0.15) is 6.61 Å². The summed E-state index contributed by atoms with van der Waals surface area (Å²) >= 11 is 0. The molecule has 1 atom stereocenters. The summed E-state index contributed by atoms with van der Waals surface area (Å²) in [5, 5.41) is 9.61. The van der Waals surface area contributed by atoms with Gasteiger partial charge in [-0.2, -0.15) is 0 Å². The molecule has 0 aromatic rings. The predicted octanol–water partition coefficient (Wildman–Crippen LogP) is 18.5. The van der Waals surface area contributed by atoms with Gasteiger partial charge in [-0.05, 0) is 103 Å². The Hall–Kier alpha value is -3.44. The van der Waals surface area contributed by atoms with E-state index in [9.17, 15) is 14.7 Å². The number of allylic oxidation sites excluding steroid dienone is 18. The third-order valence-electron chi connectivity index (χ3n) is 11.6. The first-order chi connectivity index (χ1) is 32.6. The smallest absolute Gasteiger partial charge is 0.306 e. The van der Waals surface area contributed by atoms with Gasteiger partial charge in [0.2, 0.25) is 0 Å². The average Bonchev–Trinajstić information content (AvgIpc) is 3.32. The highest BCUT2D eigenvalue weighted by atomic mass is 16.6. The molecule has 0 radical (unpaired) electrons. The fourth-order valence-corrected chi connectivity index (χ4v) is 7.45. The van der Waals surface area contributed by atoms with Gasteiger partial charge in [0.15, 0.2) is 6.10 Å². The molecule has 1 N–H and O–H groups in total. The van der Waals surface area contributed by atoms with Crippen LogP contribution in [0.25, 0.3) is 0 Å². The molecule has 0 fully saturated rings. The van der Waals surface area contributed by atoms with Crippen molar-refractivity contribution in [1.82, 2.24) is 0 Å². The first-order valence-corrected chi connectivity index (χ1v) is 27.4. The lowest BCUT2D eigenvalue weighted by Crippen LogP contribution is -2.28. The highest BCUT2D eigenvalue weighted by Crippen LogP contribution is 2.15. The van der Waals surface area contributed by atoms with Crippen LogP contribution >= 0.6 is 0 Å². The van der Waals surface area contributed by atoms with Gasteiger partial charge in [-0.15, -0.1) is 0 Å². The van der Waals surface area contributed by atoms with Crippen molar-refractivity contribution in [1.29, 1.82) is 0 Å². The molecule has 66 heavy (non-hydrogen) atoms. The molecule has 0 aliphatic heterocycles. The van der Waals surface area contributed by atoms with Crippen LogP contribution in [0.5, 0.6) is 0 Å². The molecule has 0 bridgehead atoms. The third kappa shape index (κ3) is 53.2. The van der Waals surface area contributed by atoms with Crippen molar-refractivity contribution < 1.29 is 24.2 Å². The van der Waals surface area contributed by atoms with Crippen molar-refractivity contribution in [2.75, 3.05) is 13.2 Å². The Morgan fingerprint density at radius 3 is 1.00 bits per heavy atom. The quantitative estimate of drug-likeness (QED) is 0.0374. The van der Waals surface area contributed by atoms with E-state index in [4.69, 9.17) is 9.47 Å². The zero-order chi connectivity index (χ0) is 47.7. The number of carbonyl (C=O) groups is 2. The summed E-state index contributed by atoms with van der Waals surface area (Å²) in [5.41, 5.74) is 0. The highest BCUT2D eigenvalue weighted by Gasteiger charge is 2.16. The maximum atomic E-state index is 12.3. The summed E-state index contributed by atoms with van der Waals surface area (Å²) in [6.07, 6.45) is 80.6. The molecule has 5 nitrogen and oxygen atoms in total. The normalized spacial score (nSPS) is 13.1. The lowest BCUT2D eigenvalue weighted by molar-refractivity contribution is -0.161. The van der Waals surface area contributed by atoms with Gasteiger partial charge in [-0.3, -0.25) is 9.59 Å². The van der Waals surface area contributed by atoms with Crippen molar-refractivity contribution in [3.8, 4) is 0 Å². The minimum Gasteiger partial charge on any atom is -0.462 e. The van der Waals surface area contributed by atoms with E-state index in [1.54, 1.807) is 0 Å². The Labute approximate surface area is 408 Å². The van der Waals surface area contributed by atoms with E-state index in [1.807, 2.05) is 0 Å². The summed E-state index contributed by atoms with van der Waals surface area (Å²) in [7, 11) is 0. The van der Waals surface area contributed by atoms with Crippen LogP contribution in [0.4, 0.5) is 0 Å². The molecule has 0 aliphatic carbocycles. The second-order valence-corrected chi connectivity index (χ2v) is 17.9. The molecule has 0 saturated carbocycles. The third-order valence-corrected chi connectivity index (χ3v) is 11.6. The van der Waals surface area contributed by atoms with E-state index >= 15 is 0 Å². The predicted molar refractivity (Wildman–Crippen MR) is 288 cm³/mol. The number of aliphatic hydroxyl groups excluding tert-OH is 1. The molecule has 0 spiro atoms. The number of rotatable bonds is 49. The maximum Gasteiger partial charge on any atom is 0.306 e. The average molecular weight is 915 g/mol. The van der Waals surface area contributed by atoms with Crippen molar-refractivity contribution in [3.63, 3.8) is 0 Å². The van der Waals surface area contributed by atoms with Crippen LogP contribution in [-0.2, 0) is 19.1 Å². The first-order valence-electron chi connectivity index (χ1n) is 27.4. The van der Waals surface area contributed by atoms with Gasteiger partial charge in [0.25, 0.3) is 0 Å². The molecule has 0 saturated heterocycles. The SMILES string of the molecule is CC/C=C\C/C=C\C/C=C\C/C=C\C/C=C\C/C=C\C/C=C\C/C=C\CCCCCCCCCCCCCCCCC(=O)OC(CO)COC(=O)CCCCCCC/C=C\CCCCCC. The number of ether oxygens (including phenoxy) is 2. The molecule has 0 aliphatic rings. The van der Waals surface area contributed by atoms with Crippen molar-refractivity contribution in [2.45, 2.75) is 251 Å². The number of hydrogen-bond donors (Lipinski definition) is 1. The fourth-order valence-electron chi connectivity index (χ4n) is 7.45. The molecular formula is C61H102O5. The van der Waals surface area contributed by atoms with Crippen molar-refractivity contribution in [3.05, 3.63) is 109 Å². The lowest BCUT2D eigenvalue weighted by atomic mass is 10.0. The van der Waals surface area contributed by atoms with Crippen molar-refractivity contribution >= 4 is 11.9 Å². The molecule has 1 unspecified atom stereocenters. The maximum absolute atomic E-state index is 12.3. The first kappa shape index (κ1) is 62.6. The van der Waals surface area contributed by atoms with Gasteiger partial charge in [0.05, 0.1) is 6.61 Å². The second-order valence-electron chi connectivity index (χ2n) is 17.9.